The van der Waals surface area contributed by atoms with Gasteiger partial charge >= 0.3 is 5.97 Å². The van der Waals surface area contributed by atoms with Gasteiger partial charge in [0.25, 0.3) is 5.91 Å². The minimum absolute atomic E-state index is 0.0431. The fourth-order valence-corrected chi connectivity index (χ4v) is 3.32. The number of rotatable bonds is 7. The highest BCUT2D eigenvalue weighted by atomic mass is 16.4. The molecule has 0 aliphatic rings. The lowest BCUT2D eigenvalue weighted by Gasteiger charge is -2.28. The van der Waals surface area contributed by atoms with Crippen LogP contribution in [0.15, 0.2) is 54.6 Å². The first-order valence-corrected chi connectivity index (χ1v) is 9.45. The van der Waals surface area contributed by atoms with Crippen LogP contribution in [0.3, 0.4) is 0 Å². The SMILES string of the molecule is CCC(CNC(=O)c1nnn(-c2ccc(C)cc2)c1C)(C(=O)O)c1ccccc1. The molecule has 0 bridgehead atoms. The number of hydrogen-bond acceptors (Lipinski definition) is 4. The second-order valence-electron chi connectivity index (χ2n) is 7.06. The van der Waals surface area contributed by atoms with Crippen LogP contribution in [0.5, 0.6) is 0 Å². The molecule has 0 saturated carbocycles. The molecule has 0 aliphatic carbocycles. The van der Waals surface area contributed by atoms with Crippen LogP contribution in [0, 0.1) is 13.8 Å². The van der Waals surface area contributed by atoms with Gasteiger partial charge in [0.1, 0.15) is 5.41 Å². The van der Waals surface area contributed by atoms with Crippen molar-refractivity contribution >= 4 is 11.9 Å². The number of aliphatic carboxylic acids is 1. The monoisotopic (exact) mass is 392 g/mol. The summed E-state index contributed by atoms with van der Waals surface area (Å²) in [6.45, 7) is 5.51. The van der Waals surface area contributed by atoms with Gasteiger partial charge in [-0.1, -0.05) is 60.2 Å². The maximum atomic E-state index is 12.8. The molecule has 1 heterocycles. The number of carboxylic acid groups (broad SMARTS) is 1. The molecule has 0 spiro atoms. The van der Waals surface area contributed by atoms with Gasteiger partial charge in [-0.25, -0.2) is 4.68 Å². The van der Waals surface area contributed by atoms with Crippen molar-refractivity contribution in [1.29, 1.82) is 0 Å². The van der Waals surface area contributed by atoms with Crippen molar-refractivity contribution in [2.24, 2.45) is 0 Å². The van der Waals surface area contributed by atoms with Crippen molar-refractivity contribution in [1.82, 2.24) is 20.3 Å². The van der Waals surface area contributed by atoms with Crippen LogP contribution >= 0.6 is 0 Å². The van der Waals surface area contributed by atoms with E-state index < -0.39 is 17.3 Å². The van der Waals surface area contributed by atoms with Crippen molar-refractivity contribution in [3.05, 3.63) is 77.1 Å². The molecule has 2 aromatic carbocycles. The Labute approximate surface area is 169 Å². The van der Waals surface area contributed by atoms with Crippen LogP contribution in [0.25, 0.3) is 5.69 Å². The first-order chi connectivity index (χ1) is 13.9. The number of hydrogen-bond donors (Lipinski definition) is 2. The molecule has 29 heavy (non-hydrogen) atoms. The van der Waals surface area contributed by atoms with Crippen molar-refractivity contribution in [2.75, 3.05) is 6.54 Å². The molecule has 7 nitrogen and oxygen atoms in total. The molecule has 0 fully saturated rings. The Hall–Kier alpha value is -3.48. The maximum absolute atomic E-state index is 12.8. The molecule has 0 saturated heterocycles. The molecular weight excluding hydrogens is 368 g/mol. The number of aromatic nitrogens is 3. The summed E-state index contributed by atoms with van der Waals surface area (Å²) < 4.78 is 1.59. The quantitative estimate of drug-likeness (QED) is 0.644. The number of benzene rings is 2. The average Bonchev–Trinajstić information content (AvgIpc) is 3.11. The van der Waals surface area contributed by atoms with Gasteiger partial charge in [-0.2, -0.15) is 0 Å². The van der Waals surface area contributed by atoms with Crippen molar-refractivity contribution in [2.45, 2.75) is 32.6 Å². The molecule has 150 valence electrons. The van der Waals surface area contributed by atoms with E-state index >= 15 is 0 Å². The third kappa shape index (κ3) is 3.89. The number of nitrogens with zero attached hydrogens (tertiary/aromatic N) is 3. The average molecular weight is 392 g/mol. The van der Waals surface area contributed by atoms with Gasteiger partial charge in [-0.15, -0.1) is 5.10 Å². The van der Waals surface area contributed by atoms with Crippen molar-refractivity contribution in [3.63, 3.8) is 0 Å². The van der Waals surface area contributed by atoms with Crippen LogP contribution < -0.4 is 5.32 Å². The third-order valence-corrected chi connectivity index (χ3v) is 5.28. The lowest BCUT2D eigenvalue weighted by molar-refractivity contribution is -0.143. The van der Waals surface area contributed by atoms with Crippen molar-refractivity contribution in [3.8, 4) is 5.69 Å². The van der Waals surface area contributed by atoms with Crippen LogP contribution in [0.1, 0.15) is 40.7 Å². The fourth-order valence-electron chi connectivity index (χ4n) is 3.32. The van der Waals surface area contributed by atoms with Gasteiger partial charge in [0, 0.05) is 6.54 Å². The number of carbonyl (C=O) groups excluding carboxylic acids is 1. The number of carbonyl (C=O) groups is 2. The number of carboxylic acids is 1. The summed E-state index contributed by atoms with van der Waals surface area (Å²) >= 11 is 0. The largest absolute Gasteiger partial charge is 0.481 e. The van der Waals surface area contributed by atoms with Crippen LogP contribution in [-0.2, 0) is 10.2 Å². The van der Waals surface area contributed by atoms with E-state index in [1.54, 1.807) is 42.8 Å². The Balaban J connectivity index is 1.83. The van der Waals surface area contributed by atoms with E-state index in [1.165, 1.54) is 0 Å². The lowest BCUT2D eigenvalue weighted by Crippen LogP contribution is -2.46. The summed E-state index contributed by atoms with van der Waals surface area (Å²) in [4.78, 5) is 24.9. The van der Waals surface area contributed by atoms with Gasteiger partial charge in [0.2, 0.25) is 0 Å². The fraction of sp³-hybridized carbons (Fsp3) is 0.273. The topological polar surface area (TPSA) is 97.1 Å². The van der Waals surface area contributed by atoms with E-state index in [0.29, 0.717) is 17.7 Å². The predicted molar refractivity (Wildman–Crippen MR) is 109 cm³/mol. The highest BCUT2D eigenvalue weighted by molar-refractivity contribution is 5.94. The summed E-state index contributed by atoms with van der Waals surface area (Å²) in [5, 5.41) is 20.8. The normalized spacial score (nSPS) is 12.9. The number of aryl methyl sites for hydroxylation is 1. The summed E-state index contributed by atoms with van der Waals surface area (Å²) in [5.74, 6) is -1.43. The molecular formula is C22H24N4O3. The second kappa shape index (κ2) is 8.26. The smallest absolute Gasteiger partial charge is 0.315 e. The van der Waals surface area contributed by atoms with E-state index in [-0.39, 0.29) is 12.2 Å². The van der Waals surface area contributed by atoms with Gasteiger partial charge in [0.15, 0.2) is 5.69 Å². The van der Waals surface area contributed by atoms with Crippen LogP contribution in [-0.4, -0.2) is 38.5 Å². The zero-order chi connectivity index (χ0) is 21.0. The van der Waals surface area contributed by atoms with Gasteiger partial charge < -0.3 is 10.4 Å². The highest BCUT2D eigenvalue weighted by Crippen LogP contribution is 2.28. The van der Waals surface area contributed by atoms with Gasteiger partial charge in [0.05, 0.1) is 11.4 Å². The van der Waals surface area contributed by atoms with Crippen LogP contribution in [0.4, 0.5) is 0 Å². The molecule has 0 radical (unpaired) electrons. The summed E-state index contributed by atoms with van der Waals surface area (Å²) in [6, 6.07) is 16.7. The molecule has 3 rings (SSSR count). The summed E-state index contributed by atoms with van der Waals surface area (Å²) in [6.07, 6.45) is 0.335. The second-order valence-corrected chi connectivity index (χ2v) is 7.06. The Morgan fingerprint density at radius 2 is 1.72 bits per heavy atom. The van der Waals surface area contributed by atoms with E-state index in [4.69, 9.17) is 0 Å². The van der Waals surface area contributed by atoms with Crippen LogP contribution in [0.2, 0.25) is 0 Å². The Kier molecular flexibility index (Phi) is 5.77. The van der Waals surface area contributed by atoms with Crippen molar-refractivity contribution < 1.29 is 14.7 Å². The standard InChI is InChI=1S/C22H24N4O3/c1-4-22(21(28)29,17-8-6-5-7-9-17)14-23-20(27)19-16(3)26(25-24-19)18-12-10-15(2)11-13-18/h5-13H,4,14H2,1-3H3,(H,23,27)(H,28,29). The molecule has 1 aromatic heterocycles. The minimum Gasteiger partial charge on any atom is -0.481 e. The van der Waals surface area contributed by atoms with E-state index in [0.717, 1.165) is 11.3 Å². The first kappa shape index (κ1) is 20.3. The number of amides is 1. The summed E-state index contributed by atoms with van der Waals surface area (Å²) in [7, 11) is 0. The predicted octanol–water partition coefficient (Wildman–Crippen LogP) is 3.05. The Bertz CT molecular complexity index is 1010. The van der Waals surface area contributed by atoms with E-state index in [9.17, 15) is 14.7 Å². The molecule has 3 aromatic rings. The molecule has 1 unspecified atom stereocenters. The number of nitrogens with one attached hydrogen (secondary N) is 1. The lowest BCUT2D eigenvalue weighted by atomic mass is 9.78. The van der Waals surface area contributed by atoms with Gasteiger partial charge in [-0.05, 0) is 38.0 Å². The van der Waals surface area contributed by atoms with Gasteiger partial charge in [-0.3, -0.25) is 9.59 Å². The zero-order valence-corrected chi connectivity index (χ0v) is 16.7. The summed E-state index contributed by atoms with van der Waals surface area (Å²) in [5.41, 5.74) is 2.12. The third-order valence-electron chi connectivity index (χ3n) is 5.28. The van der Waals surface area contributed by atoms with E-state index in [1.807, 2.05) is 37.3 Å². The molecule has 0 aliphatic heterocycles. The minimum atomic E-state index is -1.21. The molecule has 2 N–H and O–H groups in total. The molecule has 1 atom stereocenters. The Morgan fingerprint density at radius 3 is 2.31 bits per heavy atom. The Morgan fingerprint density at radius 1 is 1.07 bits per heavy atom. The molecule has 1 amide bonds. The zero-order valence-electron chi connectivity index (χ0n) is 16.7. The molecule has 7 heteroatoms. The maximum Gasteiger partial charge on any atom is 0.315 e. The first-order valence-electron chi connectivity index (χ1n) is 9.45. The highest BCUT2D eigenvalue weighted by Gasteiger charge is 2.39. The van der Waals surface area contributed by atoms with E-state index in [2.05, 4.69) is 15.6 Å².